The van der Waals surface area contributed by atoms with Gasteiger partial charge in [0.25, 0.3) is 0 Å². The second kappa shape index (κ2) is 8.11. The minimum absolute atomic E-state index is 0.156. The molecule has 0 bridgehead atoms. The molecule has 3 aromatic rings. The number of carbonyl (C=O) groups excluding carboxylic acids is 2. The van der Waals surface area contributed by atoms with E-state index in [4.69, 9.17) is 0 Å². The predicted octanol–water partition coefficient (Wildman–Crippen LogP) is 3.38. The molecule has 1 fully saturated rings. The van der Waals surface area contributed by atoms with Crippen LogP contribution in [-0.2, 0) is 21.7 Å². The Morgan fingerprint density at radius 1 is 1.00 bits per heavy atom. The third-order valence-electron chi connectivity index (χ3n) is 5.82. The third kappa shape index (κ3) is 3.67. The van der Waals surface area contributed by atoms with Gasteiger partial charge in [0.15, 0.2) is 20.4 Å². The van der Waals surface area contributed by atoms with E-state index in [1.807, 2.05) is 0 Å². The third-order valence-corrected chi connectivity index (χ3v) is 8.34. The standard InChI is InChI=1S/C23H23N3O4S/c1-26-16-15-24-21(26)20(27)17-9-11-18(12-10-17)25-22(28)23(13-5-6-14-23)31(29,30)19-7-3-2-4-8-19/h2-4,7-12,15-16H,5-6,13-14H2,1H3,(H,25,28). The van der Waals surface area contributed by atoms with E-state index in [9.17, 15) is 18.0 Å². The molecule has 1 aliphatic carbocycles. The number of aromatic nitrogens is 2. The van der Waals surface area contributed by atoms with Crippen LogP contribution in [0.5, 0.6) is 0 Å². The highest BCUT2D eigenvalue weighted by atomic mass is 32.2. The van der Waals surface area contributed by atoms with Gasteiger partial charge in [-0.3, -0.25) is 9.59 Å². The highest BCUT2D eigenvalue weighted by molar-refractivity contribution is 7.93. The van der Waals surface area contributed by atoms with Crippen molar-refractivity contribution in [1.82, 2.24) is 9.55 Å². The molecule has 1 amide bonds. The number of hydrogen-bond donors (Lipinski definition) is 1. The van der Waals surface area contributed by atoms with Crippen LogP contribution in [0.1, 0.15) is 41.9 Å². The van der Waals surface area contributed by atoms with Crippen LogP contribution in [0.2, 0.25) is 0 Å². The molecule has 0 unspecified atom stereocenters. The minimum Gasteiger partial charge on any atom is -0.331 e. The largest absolute Gasteiger partial charge is 0.331 e. The molecule has 1 aromatic heterocycles. The fourth-order valence-corrected chi connectivity index (χ4v) is 6.14. The highest BCUT2D eigenvalue weighted by Gasteiger charge is 2.52. The average molecular weight is 438 g/mol. The van der Waals surface area contributed by atoms with Crippen LogP contribution in [0.3, 0.4) is 0 Å². The molecule has 4 rings (SSSR count). The zero-order valence-electron chi connectivity index (χ0n) is 17.1. The Balaban J connectivity index is 1.58. The smallest absolute Gasteiger partial charge is 0.246 e. The lowest BCUT2D eigenvalue weighted by atomic mass is 10.1. The predicted molar refractivity (Wildman–Crippen MR) is 117 cm³/mol. The number of anilines is 1. The van der Waals surface area contributed by atoms with E-state index in [0.29, 0.717) is 29.9 Å². The van der Waals surface area contributed by atoms with Crippen LogP contribution in [0.4, 0.5) is 5.69 Å². The van der Waals surface area contributed by atoms with Crippen LogP contribution < -0.4 is 5.32 Å². The lowest BCUT2D eigenvalue weighted by Gasteiger charge is -2.27. The molecule has 7 nitrogen and oxygen atoms in total. The Bertz CT molecular complexity index is 1210. The lowest BCUT2D eigenvalue weighted by Crippen LogP contribution is -2.47. The molecule has 1 heterocycles. The Kier molecular flexibility index (Phi) is 5.49. The summed E-state index contributed by atoms with van der Waals surface area (Å²) in [5.41, 5.74) is 0.871. The van der Waals surface area contributed by atoms with Gasteiger partial charge in [-0.2, -0.15) is 0 Å². The lowest BCUT2D eigenvalue weighted by molar-refractivity contribution is -0.118. The van der Waals surface area contributed by atoms with E-state index in [0.717, 1.165) is 0 Å². The molecule has 1 saturated carbocycles. The number of benzene rings is 2. The molecule has 8 heteroatoms. The maximum absolute atomic E-state index is 13.4. The van der Waals surface area contributed by atoms with Gasteiger partial charge in [0.1, 0.15) is 0 Å². The summed E-state index contributed by atoms with van der Waals surface area (Å²) in [7, 11) is -2.11. The quantitative estimate of drug-likeness (QED) is 0.596. The number of ketones is 1. The molecule has 0 saturated heterocycles. The van der Waals surface area contributed by atoms with Gasteiger partial charge in [-0.1, -0.05) is 31.0 Å². The van der Waals surface area contributed by atoms with Gasteiger partial charge in [0.2, 0.25) is 11.7 Å². The number of amides is 1. The van der Waals surface area contributed by atoms with Crippen molar-refractivity contribution < 1.29 is 18.0 Å². The summed E-state index contributed by atoms with van der Waals surface area (Å²) in [4.78, 5) is 30.0. The average Bonchev–Trinajstić information content (AvgIpc) is 3.45. The molecule has 1 aliphatic rings. The summed E-state index contributed by atoms with van der Waals surface area (Å²) in [6.07, 6.45) is 5.16. The Morgan fingerprint density at radius 2 is 1.65 bits per heavy atom. The summed E-state index contributed by atoms with van der Waals surface area (Å²) in [6.45, 7) is 0. The Labute approximate surface area is 181 Å². The minimum atomic E-state index is -3.85. The van der Waals surface area contributed by atoms with Crippen LogP contribution >= 0.6 is 0 Å². The van der Waals surface area contributed by atoms with Gasteiger partial charge < -0.3 is 9.88 Å². The van der Waals surface area contributed by atoms with E-state index in [2.05, 4.69) is 10.3 Å². The first-order chi connectivity index (χ1) is 14.8. The maximum atomic E-state index is 13.4. The number of hydrogen-bond acceptors (Lipinski definition) is 5. The number of aryl methyl sites for hydroxylation is 1. The maximum Gasteiger partial charge on any atom is 0.246 e. The van der Waals surface area contributed by atoms with Crippen molar-refractivity contribution in [3.63, 3.8) is 0 Å². The number of nitrogens with one attached hydrogen (secondary N) is 1. The molecular formula is C23H23N3O4S. The molecule has 1 N–H and O–H groups in total. The second-order valence-corrected chi connectivity index (χ2v) is 10.00. The SMILES string of the molecule is Cn1ccnc1C(=O)c1ccc(NC(=O)C2(S(=O)(=O)c3ccccc3)CCCC2)cc1. The number of nitrogens with zero attached hydrogens (tertiary/aromatic N) is 2. The second-order valence-electron chi connectivity index (χ2n) is 7.74. The summed E-state index contributed by atoms with van der Waals surface area (Å²) >= 11 is 0. The highest BCUT2D eigenvalue weighted by Crippen LogP contribution is 2.41. The zero-order chi connectivity index (χ0) is 22.1. The van der Waals surface area contributed by atoms with Crippen molar-refractivity contribution in [2.75, 3.05) is 5.32 Å². The van der Waals surface area contributed by atoms with Gasteiger partial charge >= 0.3 is 0 Å². The molecule has 2 aromatic carbocycles. The first-order valence-electron chi connectivity index (χ1n) is 10.1. The summed E-state index contributed by atoms with van der Waals surface area (Å²) in [6, 6.07) is 14.5. The summed E-state index contributed by atoms with van der Waals surface area (Å²) in [5.74, 6) is -0.447. The van der Waals surface area contributed by atoms with Crippen LogP contribution in [0, 0.1) is 0 Å². The number of rotatable bonds is 6. The van der Waals surface area contributed by atoms with Crippen LogP contribution in [-0.4, -0.2) is 34.4 Å². The van der Waals surface area contributed by atoms with Crippen molar-refractivity contribution in [1.29, 1.82) is 0 Å². The van der Waals surface area contributed by atoms with Crippen molar-refractivity contribution in [3.8, 4) is 0 Å². The number of carbonyl (C=O) groups is 2. The number of imidazole rings is 1. The fraction of sp³-hybridized carbons (Fsp3) is 0.261. The van der Waals surface area contributed by atoms with E-state index >= 15 is 0 Å². The van der Waals surface area contributed by atoms with E-state index in [1.54, 1.807) is 66.5 Å². The van der Waals surface area contributed by atoms with E-state index in [1.165, 1.54) is 12.1 Å². The molecule has 0 aliphatic heterocycles. The molecule has 160 valence electrons. The van der Waals surface area contributed by atoms with Crippen molar-refractivity contribution >= 4 is 27.2 Å². The zero-order valence-corrected chi connectivity index (χ0v) is 17.9. The molecule has 0 spiro atoms. The molecule has 0 radical (unpaired) electrons. The monoisotopic (exact) mass is 437 g/mol. The van der Waals surface area contributed by atoms with Crippen molar-refractivity contribution in [2.45, 2.75) is 35.3 Å². The molecule has 0 atom stereocenters. The van der Waals surface area contributed by atoms with Crippen molar-refractivity contribution in [3.05, 3.63) is 78.4 Å². The molecule has 31 heavy (non-hydrogen) atoms. The Hall–Kier alpha value is -3.26. The fourth-order valence-electron chi connectivity index (χ4n) is 4.05. The van der Waals surface area contributed by atoms with Gasteiger partial charge in [-0.15, -0.1) is 0 Å². The van der Waals surface area contributed by atoms with Gasteiger partial charge in [0.05, 0.1) is 4.90 Å². The van der Waals surface area contributed by atoms with E-state index in [-0.39, 0.29) is 23.5 Å². The van der Waals surface area contributed by atoms with Crippen molar-refractivity contribution in [2.24, 2.45) is 7.05 Å². The van der Waals surface area contributed by atoms with Crippen LogP contribution in [0.25, 0.3) is 0 Å². The number of sulfone groups is 1. The first-order valence-corrected chi connectivity index (χ1v) is 11.6. The van der Waals surface area contributed by atoms with Gasteiger partial charge in [-0.25, -0.2) is 13.4 Å². The Morgan fingerprint density at radius 3 is 2.23 bits per heavy atom. The molecular weight excluding hydrogens is 414 g/mol. The van der Waals surface area contributed by atoms with Gasteiger partial charge in [-0.05, 0) is 49.2 Å². The summed E-state index contributed by atoms with van der Waals surface area (Å²) < 4.78 is 26.9. The van der Waals surface area contributed by atoms with E-state index < -0.39 is 20.5 Å². The van der Waals surface area contributed by atoms with Gasteiger partial charge in [0, 0.05) is 30.7 Å². The van der Waals surface area contributed by atoms with Crippen LogP contribution in [0.15, 0.2) is 71.9 Å². The topological polar surface area (TPSA) is 98.1 Å². The summed E-state index contributed by atoms with van der Waals surface area (Å²) in [5, 5.41) is 2.76. The normalized spacial score (nSPS) is 15.5. The first kappa shape index (κ1) is 21.0.